The quantitative estimate of drug-likeness (QED) is 0.810. The molecule has 2 N–H and O–H groups in total. The minimum Gasteiger partial charge on any atom is -0.340 e. The van der Waals surface area contributed by atoms with E-state index in [1.165, 1.54) is 6.42 Å². The van der Waals surface area contributed by atoms with Crippen LogP contribution in [-0.4, -0.2) is 55.0 Å². The predicted octanol–water partition coefficient (Wildman–Crippen LogP) is 1.94. The van der Waals surface area contributed by atoms with Crippen LogP contribution in [0, 0.1) is 11.8 Å². The average Bonchev–Trinajstić information content (AvgIpc) is 2.32. The molecule has 0 aromatic heterocycles. The fraction of sp³-hybridized carbons (Fsp3) is 0.938. The van der Waals surface area contributed by atoms with Crippen molar-refractivity contribution in [1.82, 2.24) is 9.80 Å². The van der Waals surface area contributed by atoms with Crippen molar-refractivity contribution >= 4 is 5.91 Å². The second-order valence-corrected chi connectivity index (χ2v) is 7.31. The molecule has 0 aliphatic heterocycles. The molecule has 0 bridgehead atoms. The Kier molecular flexibility index (Phi) is 6.46. The summed E-state index contributed by atoms with van der Waals surface area (Å²) in [7, 11) is 4.08. The third-order valence-electron chi connectivity index (χ3n) is 4.15. The average molecular weight is 283 g/mol. The second-order valence-electron chi connectivity index (χ2n) is 7.31. The van der Waals surface area contributed by atoms with E-state index in [2.05, 4.69) is 25.7 Å². The first-order chi connectivity index (χ1) is 9.24. The Hall–Kier alpha value is -0.610. The van der Waals surface area contributed by atoms with Gasteiger partial charge in [-0.15, -0.1) is 0 Å². The summed E-state index contributed by atoms with van der Waals surface area (Å²) in [6.45, 7) is 8.99. The van der Waals surface area contributed by atoms with E-state index in [-0.39, 0.29) is 5.91 Å². The molecule has 0 radical (unpaired) electrons. The van der Waals surface area contributed by atoms with Crippen molar-refractivity contribution in [3.05, 3.63) is 0 Å². The van der Waals surface area contributed by atoms with Gasteiger partial charge in [-0.05, 0) is 38.8 Å². The number of nitrogens with zero attached hydrogens (tertiary/aromatic N) is 2. The minimum absolute atomic E-state index is 0.166. The van der Waals surface area contributed by atoms with E-state index in [0.29, 0.717) is 11.8 Å². The van der Waals surface area contributed by atoms with Gasteiger partial charge in [-0.3, -0.25) is 4.79 Å². The van der Waals surface area contributed by atoms with Crippen molar-refractivity contribution < 1.29 is 4.79 Å². The molecule has 1 aliphatic rings. The summed E-state index contributed by atoms with van der Waals surface area (Å²) >= 11 is 0. The molecule has 0 aromatic rings. The van der Waals surface area contributed by atoms with Gasteiger partial charge in [0.05, 0.1) is 5.54 Å². The van der Waals surface area contributed by atoms with Crippen molar-refractivity contribution in [2.75, 3.05) is 33.7 Å². The van der Waals surface area contributed by atoms with E-state index >= 15 is 0 Å². The van der Waals surface area contributed by atoms with Crippen LogP contribution in [0.2, 0.25) is 0 Å². The number of hydrogen-bond donors (Lipinski definition) is 1. The molecule has 0 saturated heterocycles. The molecule has 4 heteroatoms. The Morgan fingerprint density at radius 3 is 2.50 bits per heavy atom. The first-order valence-electron chi connectivity index (χ1n) is 7.97. The molecule has 0 heterocycles. The normalized spacial score (nSPS) is 27.1. The fourth-order valence-electron chi connectivity index (χ4n) is 3.14. The Morgan fingerprint density at radius 2 is 2.00 bits per heavy atom. The van der Waals surface area contributed by atoms with Gasteiger partial charge in [-0.1, -0.05) is 33.6 Å². The van der Waals surface area contributed by atoms with Gasteiger partial charge in [-0.25, -0.2) is 0 Å². The summed E-state index contributed by atoms with van der Waals surface area (Å²) in [5.41, 5.74) is 5.85. The first-order valence-corrected chi connectivity index (χ1v) is 7.97. The van der Waals surface area contributed by atoms with Crippen molar-refractivity contribution in [2.24, 2.45) is 17.6 Å². The van der Waals surface area contributed by atoms with Crippen LogP contribution < -0.4 is 5.73 Å². The van der Waals surface area contributed by atoms with E-state index in [1.54, 1.807) is 0 Å². The maximum Gasteiger partial charge on any atom is 0.242 e. The highest BCUT2D eigenvalue weighted by Gasteiger charge is 2.40. The van der Waals surface area contributed by atoms with Gasteiger partial charge in [0.1, 0.15) is 0 Å². The highest BCUT2D eigenvalue weighted by Crippen LogP contribution is 2.32. The van der Waals surface area contributed by atoms with E-state index in [1.807, 2.05) is 19.0 Å². The topological polar surface area (TPSA) is 49.6 Å². The van der Waals surface area contributed by atoms with Gasteiger partial charge in [0.25, 0.3) is 0 Å². The van der Waals surface area contributed by atoms with Crippen LogP contribution in [0.5, 0.6) is 0 Å². The summed E-state index contributed by atoms with van der Waals surface area (Å²) < 4.78 is 0. The third-order valence-corrected chi connectivity index (χ3v) is 4.15. The van der Waals surface area contributed by atoms with Gasteiger partial charge in [0.15, 0.2) is 0 Å². The zero-order valence-electron chi connectivity index (χ0n) is 14.0. The smallest absolute Gasteiger partial charge is 0.242 e. The molecule has 1 rings (SSSR count). The monoisotopic (exact) mass is 283 g/mol. The number of likely N-dealkylation sites (N-methyl/N-ethyl adjacent to an activating group) is 1. The molecule has 1 saturated carbocycles. The maximum atomic E-state index is 12.9. The number of amides is 1. The number of carbonyl (C=O) groups is 1. The predicted molar refractivity (Wildman–Crippen MR) is 84.5 cm³/mol. The molecule has 1 amide bonds. The fourth-order valence-corrected chi connectivity index (χ4v) is 3.14. The van der Waals surface area contributed by atoms with Crippen LogP contribution >= 0.6 is 0 Å². The number of rotatable bonds is 6. The number of nitrogens with two attached hydrogens (primary N) is 1. The lowest BCUT2D eigenvalue weighted by Crippen LogP contribution is -2.58. The van der Waals surface area contributed by atoms with Gasteiger partial charge in [0, 0.05) is 19.6 Å². The van der Waals surface area contributed by atoms with Crippen LogP contribution in [0.1, 0.15) is 46.5 Å². The molecule has 1 fully saturated rings. The molecule has 2 atom stereocenters. The van der Waals surface area contributed by atoms with Gasteiger partial charge < -0.3 is 15.5 Å². The van der Waals surface area contributed by atoms with E-state index in [0.717, 1.165) is 38.9 Å². The van der Waals surface area contributed by atoms with Crippen molar-refractivity contribution in [2.45, 2.75) is 52.0 Å². The summed E-state index contributed by atoms with van der Waals surface area (Å²) in [5, 5.41) is 0. The zero-order chi connectivity index (χ0) is 15.3. The molecular weight excluding hydrogens is 250 g/mol. The van der Waals surface area contributed by atoms with Crippen LogP contribution in [0.4, 0.5) is 0 Å². The molecule has 1 aliphatic carbocycles. The highest BCUT2D eigenvalue weighted by atomic mass is 16.2. The molecule has 0 aromatic carbocycles. The summed E-state index contributed by atoms with van der Waals surface area (Å²) in [4.78, 5) is 17.0. The van der Waals surface area contributed by atoms with Crippen LogP contribution in [0.3, 0.4) is 0 Å². The number of carbonyl (C=O) groups excluding carboxylic acids is 1. The summed E-state index contributed by atoms with van der Waals surface area (Å²) in [6.07, 6.45) is 3.95. The van der Waals surface area contributed by atoms with E-state index < -0.39 is 5.54 Å². The Morgan fingerprint density at radius 1 is 1.35 bits per heavy atom. The van der Waals surface area contributed by atoms with E-state index in [4.69, 9.17) is 5.73 Å². The van der Waals surface area contributed by atoms with E-state index in [9.17, 15) is 4.79 Å². The van der Waals surface area contributed by atoms with Crippen LogP contribution in [-0.2, 0) is 4.79 Å². The summed E-state index contributed by atoms with van der Waals surface area (Å²) in [6, 6.07) is 0. The maximum absolute atomic E-state index is 12.9. The molecule has 2 unspecified atom stereocenters. The minimum atomic E-state index is -0.626. The Labute approximate surface area is 124 Å². The largest absolute Gasteiger partial charge is 0.340 e. The van der Waals surface area contributed by atoms with Crippen LogP contribution in [0.15, 0.2) is 0 Å². The van der Waals surface area contributed by atoms with Gasteiger partial charge in [0.2, 0.25) is 5.91 Å². The molecule has 0 spiro atoms. The Balaban J connectivity index is 2.74. The standard InChI is InChI=1S/C16H33N3O/c1-13(2)12-19(10-9-18(4)5)15(20)16(17)8-6-7-14(3)11-16/h13-14H,6-12,17H2,1-5H3. The first kappa shape index (κ1) is 17.4. The lowest BCUT2D eigenvalue weighted by Gasteiger charge is -2.40. The molecule has 4 nitrogen and oxygen atoms in total. The second kappa shape index (κ2) is 7.41. The van der Waals surface area contributed by atoms with Crippen molar-refractivity contribution in [3.8, 4) is 0 Å². The molecular formula is C16H33N3O. The lowest BCUT2D eigenvalue weighted by atomic mass is 9.76. The molecule has 20 heavy (non-hydrogen) atoms. The molecule has 118 valence electrons. The summed E-state index contributed by atoms with van der Waals surface area (Å²) in [5.74, 6) is 1.21. The lowest BCUT2D eigenvalue weighted by molar-refractivity contribution is -0.139. The van der Waals surface area contributed by atoms with Crippen LogP contribution in [0.25, 0.3) is 0 Å². The third kappa shape index (κ3) is 5.06. The van der Waals surface area contributed by atoms with Crippen molar-refractivity contribution in [3.63, 3.8) is 0 Å². The Bertz CT molecular complexity index is 317. The zero-order valence-corrected chi connectivity index (χ0v) is 14.0. The number of hydrogen-bond acceptors (Lipinski definition) is 3. The van der Waals surface area contributed by atoms with Crippen molar-refractivity contribution in [1.29, 1.82) is 0 Å². The van der Waals surface area contributed by atoms with Gasteiger partial charge in [-0.2, -0.15) is 0 Å². The SMILES string of the molecule is CC(C)CN(CCN(C)C)C(=O)C1(N)CCCC(C)C1. The highest BCUT2D eigenvalue weighted by molar-refractivity contribution is 5.86. The van der Waals surface area contributed by atoms with Gasteiger partial charge >= 0.3 is 0 Å².